The molecule has 0 spiro atoms. The largest absolute Gasteiger partial charge is 0.496 e. The van der Waals surface area contributed by atoms with Crippen LogP contribution in [0.15, 0.2) is 46.1 Å². The molecule has 3 aromatic rings. The third-order valence-corrected chi connectivity index (χ3v) is 7.09. The number of halogens is 4. The van der Waals surface area contributed by atoms with Crippen molar-refractivity contribution < 1.29 is 22.7 Å². The minimum Gasteiger partial charge on any atom is -0.496 e. The molecule has 0 aliphatic heterocycles. The van der Waals surface area contributed by atoms with Crippen LogP contribution < -0.4 is 10.3 Å². The van der Waals surface area contributed by atoms with Gasteiger partial charge in [-0.2, -0.15) is 13.2 Å². The molecule has 0 saturated carbocycles. The lowest BCUT2D eigenvalue weighted by Gasteiger charge is -2.18. The highest BCUT2D eigenvalue weighted by atomic mass is 35.5. The summed E-state index contributed by atoms with van der Waals surface area (Å²) in [5.41, 5.74) is -0.511. The smallest absolute Gasteiger partial charge is 0.416 e. The monoisotopic (exact) mass is 526 g/mol. The number of ketones is 1. The number of nitrogens with one attached hydrogen (secondary N) is 1. The normalized spacial score (nSPS) is 11.9. The number of carbonyl (C=O) groups excluding carboxylic acids is 1. The number of ether oxygens (including phenoxy) is 1. The number of hydrogen-bond donors (Lipinski definition) is 1. The molecular weight excluding hydrogens is 501 g/mol. The van der Waals surface area contributed by atoms with Crippen LogP contribution in [0.25, 0.3) is 22.0 Å². The average Bonchev–Trinajstić information content (AvgIpc) is 2.82. The Morgan fingerprint density at radius 2 is 1.86 bits per heavy atom. The van der Waals surface area contributed by atoms with E-state index in [0.29, 0.717) is 29.3 Å². The first-order chi connectivity index (χ1) is 16.6. The summed E-state index contributed by atoms with van der Waals surface area (Å²) < 4.78 is 46.0. The lowest BCUT2D eigenvalue weighted by Crippen LogP contribution is -2.26. The van der Waals surface area contributed by atoms with E-state index < -0.39 is 17.3 Å². The van der Waals surface area contributed by atoms with Crippen molar-refractivity contribution in [3.63, 3.8) is 0 Å². The number of aromatic amines is 1. The fourth-order valence-electron chi connectivity index (χ4n) is 3.78. The molecule has 3 rings (SSSR count). The second-order valence-electron chi connectivity index (χ2n) is 7.87. The lowest BCUT2D eigenvalue weighted by atomic mass is 9.98. The summed E-state index contributed by atoms with van der Waals surface area (Å²) in [5.74, 6) is 0.285. The molecule has 0 fully saturated rings. The molecule has 0 saturated heterocycles. The molecule has 2 aromatic carbocycles. The van der Waals surface area contributed by atoms with Gasteiger partial charge in [0.05, 0.1) is 23.3 Å². The predicted octanol–water partition coefficient (Wildman–Crippen LogP) is 6.27. The number of aromatic nitrogens is 1. The van der Waals surface area contributed by atoms with E-state index in [4.69, 9.17) is 16.3 Å². The standard InChI is InChI=1S/C25H26ClF3N2O3S/c1-4-31(5-2)11-10-17(32)14-35-23-22(19-13-16(26)7-9-21(19)34-3)18-12-15(25(27,28)29)6-8-20(18)30-24(23)33/h6-9,12-13H,4-5,10-11,14H2,1-3H3,(H,30,33). The number of hydrogen-bond acceptors (Lipinski definition) is 5. The van der Waals surface area contributed by atoms with Crippen molar-refractivity contribution in [3.05, 3.63) is 57.3 Å². The Labute approximate surface area is 210 Å². The Hall–Kier alpha value is -2.49. The van der Waals surface area contributed by atoms with E-state index in [-0.39, 0.29) is 32.9 Å². The topological polar surface area (TPSA) is 62.4 Å². The van der Waals surface area contributed by atoms with Gasteiger partial charge in [0.1, 0.15) is 11.5 Å². The van der Waals surface area contributed by atoms with Gasteiger partial charge >= 0.3 is 6.18 Å². The Balaban J connectivity index is 2.14. The maximum Gasteiger partial charge on any atom is 0.416 e. The van der Waals surface area contributed by atoms with Crippen LogP contribution in [-0.2, 0) is 11.0 Å². The van der Waals surface area contributed by atoms with Gasteiger partial charge in [0.15, 0.2) is 0 Å². The van der Waals surface area contributed by atoms with Gasteiger partial charge in [-0.3, -0.25) is 9.59 Å². The Kier molecular flexibility index (Phi) is 8.90. The molecule has 1 aromatic heterocycles. The predicted molar refractivity (Wildman–Crippen MR) is 135 cm³/mol. The van der Waals surface area contributed by atoms with E-state index in [2.05, 4.69) is 9.88 Å². The summed E-state index contributed by atoms with van der Waals surface area (Å²) in [6.45, 7) is 6.27. The number of rotatable bonds is 10. The fraction of sp³-hybridized carbons (Fsp3) is 0.360. The van der Waals surface area contributed by atoms with Crippen LogP contribution in [0.1, 0.15) is 25.8 Å². The molecule has 0 amide bonds. The van der Waals surface area contributed by atoms with E-state index in [0.717, 1.165) is 37.0 Å². The van der Waals surface area contributed by atoms with E-state index in [1.165, 1.54) is 13.2 Å². The molecule has 0 atom stereocenters. The van der Waals surface area contributed by atoms with Crippen molar-refractivity contribution in [2.45, 2.75) is 31.3 Å². The van der Waals surface area contributed by atoms with Crippen molar-refractivity contribution in [2.75, 3.05) is 32.5 Å². The number of thioether (sulfide) groups is 1. The minimum atomic E-state index is -4.58. The molecule has 0 bridgehead atoms. The number of benzene rings is 2. The Morgan fingerprint density at radius 3 is 2.49 bits per heavy atom. The van der Waals surface area contributed by atoms with Crippen LogP contribution in [0, 0.1) is 0 Å². The van der Waals surface area contributed by atoms with Crippen LogP contribution in [0.3, 0.4) is 0 Å². The van der Waals surface area contributed by atoms with Gasteiger partial charge in [0, 0.05) is 40.0 Å². The zero-order valence-electron chi connectivity index (χ0n) is 19.6. The molecule has 0 unspecified atom stereocenters. The van der Waals surface area contributed by atoms with Crippen LogP contribution in [0.5, 0.6) is 5.75 Å². The quantitative estimate of drug-likeness (QED) is 0.315. The van der Waals surface area contributed by atoms with E-state index in [1.54, 1.807) is 18.2 Å². The molecule has 1 heterocycles. The summed E-state index contributed by atoms with van der Waals surface area (Å²) in [7, 11) is 1.42. The fourth-order valence-corrected chi connectivity index (χ4v) is 4.95. The van der Waals surface area contributed by atoms with Crippen LogP contribution >= 0.6 is 23.4 Å². The maximum atomic E-state index is 13.5. The number of nitrogens with zero attached hydrogens (tertiary/aromatic N) is 1. The highest BCUT2D eigenvalue weighted by Gasteiger charge is 2.31. The number of alkyl halides is 3. The number of fused-ring (bicyclic) bond motifs is 1. The first-order valence-electron chi connectivity index (χ1n) is 11.1. The van der Waals surface area contributed by atoms with Crippen molar-refractivity contribution in [1.82, 2.24) is 9.88 Å². The highest BCUT2D eigenvalue weighted by Crippen LogP contribution is 2.42. The number of pyridine rings is 1. The third-order valence-electron chi connectivity index (χ3n) is 5.71. The molecule has 0 radical (unpaired) electrons. The van der Waals surface area contributed by atoms with Gasteiger partial charge in [-0.25, -0.2) is 0 Å². The first-order valence-corrected chi connectivity index (χ1v) is 12.4. The zero-order chi connectivity index (χ0) is 25.8. The van der Waals surface area contributed by atoms with Crippen molar-refractivity contribution in [2.24, 2.45) is 0 Å². The number of methoxy groups -OCH3 is 1. The molecule has 0 aliphatic rings. The van der Waals surface area contributed by atoms with E-state index in [1.807, 2.05) is 13.8 Å². The lowest BCUT2D eigenvalue weighted by molar-refractivity contribution is -0.137. The number of Topliss-reactive ketones (excluding diaryl/α,β-unsaturated/α-hetero) is 1. The summed E-state index contributed by atoms with van der Waals surface area (Å²) in [5, 5.41) is 0.505. The molecule has 1 N–H and O–H groups in total. The average molecular weight is 527 g/mol. The van der Waals surface area contributed by atoms with Gasteiger partial charge in [-0.05, 0) is 49.5 Å². The summed E-state index contributed by atoms with van der Waals surface area (Å²) in [6.07, 6.45) is -4.26. The number of carbonyl (C=O) groups is 1. The van der Waals surface area contributed by atoms with Gasteiger partial charge in [0.2, 0.25) is 0 Å². The molecule has 10 heteroatoms. The molecule has 0 aliphatic carbocycles. The first kappa shape index (κ1) is 27.1. The second kappa shape index (κ2) is 11.5. The van der Waals surface area contributed by atoms with Gasteiger partial charge in [-0.15, -0.1) is 11.8 Å². The van der Waals surface area contributed by atoms with Gasteiger partial charge in [0.25, 0.3) is 5.56 Å². The Morgan fingerprint density at radius 1 is 1.14 bits per heavy atom. The van der Waals surface area contributed by atoms with E-state index in [9.17, 15) is 22.8 Å². The van der Waals surface area contributed by atoms with Crippen molar-refractivity contribution >= 4 is 40.0 Å². The van der Waals surface area contributed by atoms with Crippen LogP contribution in [0.2, 0.25) is 5.02 Å². The maximum absolute atomic E-state index is 13.5. The van der Waals surface area contributed by atoms with E-state index >= 15 is 0 Å². The molecule has 35 heavy (non-hydrogen) atoms. The van der Waals surface area contributed by atoms with Crippen molar-refractivity contribution in [1.29, 1.82) is 0 Å². The minimum absolute atomic E-state index is 0.00466. The second-order valence-corrected chi connectivity index (χ2v) is 9.29. The van der Waals surface area contributed by atoms with Crippen molar-refractivity contribution in [3.8, 4) is 16.9 Å². The van der Waals surface area contributed by atoms with Crippen LogP contribution in [-0.4, -0.2) is 48.2 Å². The molecule has 5 nitrogen and oxygen atoms in total. The highest BCUT2D eigenvalue weighted by molar-refractivity contribution is 8.00. The summed E-state index contributed by atoms with van der Waals surface area (Å²) in [6, 6.07) is 7.85. The summed E-state index contributed by atoms with van der Waals surface area (Å²) >= 11 is 7.21. The summed E-state index contributed by atoms with van der Waals surface area (Å²) in [4.78, 5) is 30.6. The van der Waals surface area contributed by atoms with Crippen LogP contribution in [0.4, 0.5) is 13.2 Å². The Bertz CT molecular complexity index is 1270. The SMILES string of the molecule is CCN(CC)CCC(=O)CSc1c(-c2cc(Cl)ccc2OC)c2cc(C(F)(F)F)ccc2[nH]c1=O. The van der Waals surface area contributed by atoms with Gasteiger partial charge in [-0.1, -0.05) is 25.4 Å². The number of H-pyrrole nitrogens is 1. The third kappa shape index (κ3) is 6.39. The molecule has 188 valence electrons. The van der Waals surface area contributed by atoms with Gasteiger partial charge < -0.3 is 14.6 Å². The molecular formula is C25H26ClF3N2O3S. The zero-order valence-corrected chi connectivity index (χ0v) is 21.2.